The molecule has 0 fully saturated rings. The Labute approximate surface area is 154 Å². The van der Waals surface area contributed by atoms with Crippen molar-refractivity contribution in [3.8, 4) is 0 Å². The van der Waals surface area contributed by atoms with Gasteiger partial charge in [0.2, 0.25) is 0 Å². The molecule has 0 aliphatic rings. The van der Waals surface area contributed by atoms with Crippen molar-refractivity contribution in [1.82, 2.24) is 5.32 Å². The van der Waals surface area contributed by atoms with Gasteiger partial charge >= 0.3 is 6.09 Å². The van der Waals surface area contributed by atoms with E-state index in [0.29, 0.717) is 6.54 Å². The molecule has 0 aromatic rings. The van der Waals surface area contributed by atoms with Gasteiger partial charge < -0.3 is 10.1 Å². The van der Waals surface area contributed by atoms with Gasteiger partial charge in [0.15, 0.2) is 0 Å². The molecule has 0 saturated carbocycles. The molecule has 0 unspecified atom stereocenters. The highest BCUT2D eigenvalue weighted by atomic mass is 16.6. The summed E-state index contributed by atoms with van der Waals surface area (Å²) in [5.74, 6) is 0. The molecule has 1 N–H and O–H groups in total. The van der Waals surface area contributed by atoms with Crippen LogP contribution in [0.1, 0.15) is 60.8 Å². The van der Waals surface area contributed by atoms with Gasteiger partial charge in [0, 0.05) is 6.54 Å². The Balaban J connectivity index is 4.67. The summed E-state index contributed by atoms with van der Waals surface area (Å²) in [5, 5.41) is 2.74. The first kappa shape index (κ1) is 23.0. The predicted octanol–water partition coefficient (Wildman–Crippen LogP) is 6.26. The summed E-state index contributed by atoms with van der Waals surface area (Å²) >= 11 is 0. The van der Waals surface area contributed by atoms with Gasteiger partial charge in [-0.2, -0.15) is 0 Å². The molecule has 0 radical (unpaired) electrons. The molecule has 3 heteroatoms. The number of rotatable bonds is 9. The van der Waals surface area contributed by atoms with Crippen LogP contribution in [-0.2, 0) is 4.74 Å². The number of amides is 1. The second-order valence-corrected chi connectivity index (χ2v) is 6.91. The van der Waals surface area contributed by atoms with Crippen LogP contribution in [0.2, 0.25) is 0 Å². The molecule has 0 spiro atoms. The van der Waals surface area contributed by atoms with Crippen molar-refractivity contribution >= 4 is 6.09 Å². The number of carbonyl (C=O) groups is 1. The third-order valence-electron chi connectivity index (χ3n) is 3.27. The second-order valence-electron chi connectivity index (χ2n) is 6.91. The summed E-state index contributed by atoms with van der Waals surface area (Å²) in [7, 11) is 0. The quantitative estimate of drug-likeness (QED) is 0.501. The minimum atomic E-state index is -0.494. The van der Waals surface area contributed by atoms with E-state index in [-0.39, 0.29) is 0 Å². The molecule has 0 aliphatic carbocycles. The Morgan fingerprint density at radius 2 is 1.76 bits per heavy atom. The van der Waals surface area contributed by atoms with Gasteiger partial charge in [-0.3, -0.25) is 0 Å². The van der Waals surface area contributed by atoms with Crippen LogP contribution in [0, 0.1) is 0 Å². The highest BCUT2D eigenvalue weighted by Gasteiger charge is 2.15. The average molecular weight is 346 g/mol. The van der Waals surface area contributed by atoms with Crippen LogP contribution in [0.25, 0.3) is 0 Å². The van der Waals surface area contributed by atoms with Crippen LogP contribution in [-0.4, -0.2) is 18.2 Å². The molecular weight excluding hydrogens is 310 g/mol. The minimum absolute atomic E-state index is 0.377. The van der Waals surface area contributed by atoms with Crippen molar-refractivity contribution in [3.05, 3.63) is 59.8 Å². The van der Waals surface area contributed by atoms with E-state index in [1.165, 1.54) is 11.1 Å². The van der Waals surface area contributed by atoms with Crippen LogP contribution >= 0.6 is 0 Å². The van der Waals surface area contributed by atoms with E-state index >= 15 is 0 Å². The van der Waals surface area contributed by atoms with Crippen molar-refractivity contribution in [2.45, 2.75) is 66.4 Å². The lowest BCUT2D eigenvalue weighted by Crippen LogP contribution is -2.33. The third kappa shape index (κ3) is 13.0. The number of nitrogens with one attached hydrogen (secondary N) is 1. The van der Waals surface area contributed by atoms with E-state index in [1.54, 1.807) is 0 Å². The Morgan fingerprint density at radius 3 is 2.28 bits per heavy atom. The summed E-state index contributed by atoms with van der Waals surface area (Å²) in [5.41, 5.74) is 2.88. The van der Waals surface area contributed by atoms with Gasteiger partial charge in [-0.25, -0.2) is 4.79 Å². The summed E-state index contributed by atoms with van der Waals surface area (Å²) < 4.78 is 5.23. The van der Waals surface area contributed by atoms with Crippen LogP contribution in [0.5, 0.6) is 0 Å². The monoisotopic (exact) mass is 345 g/mol. The first-order chi connectivity index (χ1) is 11.7. The molecule has 0 aromatic carbocycles. The number of hydrogen-bond donors (Lipinski definition) is 1. The molecule has 25 heavy (non-hydrogen) atoms. The smallest absolute Gasteiger partial charge is 0.407 e. The molecule has 0 aliphatic heterocycles. The number of allylic oxidation sites excluding steroid dienone is 7. The van der Waals surface area contributed by atoms with Gasteiger partial charge in [0.25, 0.3) is 0 Å². The number of hydrogen-bond acceptors (Lipinski definition) is 2. The number of alkyl carbamates (subject to hydrolysis) is 1. The Bertz CT molecular complexity index is 543. The molecule has 1 amide bonds. The fourth-order valence-corrected chi connectivity index (χ4v) is 2.11. The highest BCUT2D eigenvalue weighted by Crippen LogP contribution is 2.16. The Hall–Kier alpha value is -2.03. The number of carbonyl (C=O) groups excluding carboxylic acids is 1. The maximum Gasteiger partial charge on any atom is 0.407 e. The van der Waals surface area contributed by atoms with E-state index in [2.05, 4.69) is 50.0 Å². The highest BCUT2D eigenvalue weighted by molar-refractivity contribution is 5.68. The topological polar surface area (TPSA) is 38.3 Å². The first-order valence-corrected chi connectivity index (χ1v) is 9.01. The normalized spacial score (nSPS) is 13.5. The van der Waals surface area contributed by atoms with Gasteiger partial charge in [0.05, 0.1) is 0 Å². The van der Waals surface area contributed by atoms with Crippen LogP contribution < -0.4 is 5.32 Å². The van der Waals surface area contributed by atoms with Crippen molar-refractivity contribution in [2.24, 2.45) is 0 Å². The van der Waals surface area contributed by atoms with E-state index in [0.717, 1.165) is 24.8 Å². The largest absolute Gasteiger partial charge is 0.444 e. The maximum absolute atomic E-state index is 11.7. The molecule has 0 bridgehead atoms. The lowest BCUT2D eigenvalue weighted by Gasteiger charge is -2.19. The summed E-state index contributed by atoms with van der Waals surface area (Å²) in [4.78, 5) is 11.7. The van der Waals surface area contributed by atoms with Crippen molar-refractivity contribution in [3.63, 3.8) is 0 Å². The summed E-state index contributed by atoms with van der Waals surface area (Å²) in [6.07, 6.45) is 15.2. The minimum Gasteiger partial charge on any atom is -0.444 e. The van der Waals surface area contributed by atoms with E-state index in [4.69, 9.17) is 4.74 Å². The van der Waals surface area contributed by atoms with E-state index in [9.17, 15) is 4.79 Å². The van der Waals surface area contributed by atoms with Crippen LogP contribution in [0.15, 0.2) is 59.8 Å². The van der Waals surface area contributed by atoms with Gasteiger partial charge in [0.1, 0.15) is 5.60 Å². The molecule has 0 atom stereocenters. The Morgan fingerprint density at radius 1 is 1.12 bits per heavy atom. The standard InChI is InChI=1S/C22H35NO2/c1-8-11-13-19(10-3)14-15-20(12-9-2)16-18(4)17-23-21(24)25-22(5,6)7/h9-13,16H,4,8,14-15,17H2,1-3,5-7H3,(H,23,24)/b12-9-,13-11-,19-10+,20-16+. The molecule has 3 nitrogen and oxygen atoms in total. The number of ether oxygens (including phenoxy) is 1. The van der Waals surface area contributed by atoms with Crippen molar-refractivity contribution < 1.29 is 9.53 Å². The zero-order valence-corrected chi connectivity index (χ0v) is 16.8. The van der Waals surface area contributed by atoms with Gasteiger partial charge in [-0.1, -0.05) is 55.5 Å². The lowest BCUT2D eigenvalue weighted by molar-refractivity contribution is 0.0533. The first-order valence-electron chi connectivity index (χ1n) is 9.01. The molecular formula is C22H35NO2. The molecule has 0 aromatic heterocycles. The van der Waals surface area contributed by atoms with Crippen LogP contribution in [0.3, 0.4) is 0 Å². The van der Waals surface area contributed by atoms with Gasteiger partial charge in [-0.15, -0.1) is 0 Å². The Kier molecular flexibility index (Phi) is 11.3. The molecule has 140 valence electrons. The van der Waals surface area contributed by atoms with E-state index < -0.39 is 11.7 Å². The second kappa shape index (κ2) is 12.3. The zero-order valence-electron chi connectivity index (χ0n) is 16.8. The summed E-state index contributed by atoms with van der Waals surface area (Å²) in [6.45, 7) is 16.1. The lowest BCUT2D eigenvalue weighted by atomic mass is 10.0. The third-order valence-corrected chi connectivity index (χ3v) is 3.27. The van der Waals surface area contributed by atoms with Crippen molar-refractivity contribution in [2.75, 3.05) is 6.54 Å². The fraction of sp³-hybridized carbons (Fsp3) is 0.500. The van der Waals surface area contributed by atoms with Gasteiger partial charge in [-0.05, 0) is 65.0 Å². The zero-order chi connectivity index (χ0) is 19.3. The van der Waals surface area contributed by atoms with E-state index in [1.807, 2.05) is 39.8 Å². The average Bonchev–Trinajstić information content (AvgIpc) is 2.51. The molecule has 0 heterocycles. The van der Waals surface area contributed by atoms with Crippen LogP contribution in [0.4, 0.5) is 4.79 Å². The predicted molar refractivity (Wildman–Crippen MR) is 109 cm³/mol. The molecule has 0 saturated heterocycles. The molecule has 0 rings (SSSR count). The SMILES string of the molecule is C=C(/C=C(\C=C/C)CCC(/C=C\CC)=C/C)CNC(=O)OC(C)(C)C. The maximum atomic E-state index is 11.7. The van der Waals surface area contributed by atoms with Crippen molar-refractivity contribution in [1.29, 1.82) is 0 Å². The fourth-order valence-electron chi connectivity index (χ4n) is 2.11. The summed E-state index contributed by atoms with van der Waals surface area (Å²) in [6, 6.07) is 0.